The van der Waals surface area contributed by atoms with Gasteiger partial charge in [-0.2, -0.15) is 0 Å². The molecule has 0 radical (unpaired) electrons. The van der Waals surface area contributed by atoms with Gasteiger partial charge in [-0.1, -0.05) is 56.3 Å². The Hall–Kier alpha value is -2.02. The monoisotopic (exact) mass is 443 g/mol. The Labute approximate surface area is 191 Å². The molecule has 0 aromatic heterocycles. The first-order valence-corrected chi connectivity index (χ1v) is 11.8. The van der Waals surface area contributed by atoms with Gasteiger partial charge in [-0.3, -0.25) is 4.79 Å². The van der Waals surface area contributed by atoms with Crippen LogP contribution in [0.2, 0.25) is 0 Å². The van der Waals surface area contributed by atoms with E-state index in [4.69, 9.17) is 10.5 Å². The highest BCUT2D eigenvalue weighted by Gasteiger charge is 2.23. The number of nitrogens with two attached hydrogens (primary N) is 1. The van der Waals surface area contributed by atoms with E-state index in [-0.39, 0.29) is 22.9 Å². The number of nitrogens with one attached hydrogen (secondary N) is 2. The maximum Gasteiger partial charge on any atom is 0.237 e. The Morgan fingerprint density at radius 2 is 1.68 bits per heavy atom. The number of benzene rings is 2. The Morgan fingerprint density at radius 3 is 2.26 bits per heavy atom. The molecule has 0 aliphatic carbocycles. The van der Waals surface area contributed by atoms with Crippen LogP contribution in [0.15, 0.2) is 54.6 Å². The topological polar surface area (TPSA) is 76.4 Å². The van der Waals surface area contributed by atoms with Crippen LogP contribution in [0.3, 0.4) is 0 Å². The highest BCUT2D eigenvalue weighted by Crippen LogP contribution is 2.17. The molecule has 0 saturated heterocycles. The molecule has 2 aromatic carbocycles. The van der Waals surface area contributed by atoms with Crippen molar-refractivity contribution < 1.29 is 9.53 Å². The summed E-state index contributed by atoms with van der Waals surface area (Å²) < 4.78 is 5.87. The lowest BCUT2D eigenvalue weighted by molar-refractivity contribution is -0.124. The Morgan fingerprint density at radius 1 is 1.03 bits per heavy atom. The maximum atomic E-state index is 12.9. The van der Waals surface area contributed by atoms with E-state index in [0.717, 1.165) is 16.9 Å². The standard InChI is InChI=1S/C25H37N3O2S/c1-18(2)31-23(26)16-27-22(24(29)28-25(3,4)5)15-19-11-13-21(14-12-19)30-17-20-9-7-6-8-10-20/h6-14,18,22-23,27H,15-17,26H2,1-5H3,(H,28,29)/t22-,23?/m0/s1. The van der Waals surface area contributed by atoms with Crippen molar-refractivity contribution in [2.45, 2.75) is 69.9 Å². The van der Waals surface area contributed by atoms with Gasteiger partial charge < -0.3 is 21.1 Å². The van der Waals surface area contributed by atoms with E-state index in [0.29, 0.717) is 24.8 Å². The normalized spacial score (nSPS) is 13.6. The van der Waals surface area contributed by atoms with Crippen molar-refractivity contribution in [2.24, 2.45) is 5.73 Å². The van der Waals surface area contributed by atoms with Gasteiger partial charge in [0.2, 0.25) is 5.91 Å². The summed E-state index contributed by atoms with van der Waals surface area (Å²) >= 11 is 1.70. The minimum absolute atomic E-state index is 0.0151. The zero-order valence-corrected chi connectivity index (χ0v) is 20.2. The third kappa shape index (κ3) is 10.2. The summed E-state index contributed by atoms with van der Waals surface area (Å²) in [5, 5.41) is 6.84. The average Bonchev–Trinajstić information content (AvgIpc) is 2.69. The van der Waals surface area contributed by atoms with Crippen LogP contribution in [0.4, 0.5) is 0 Å². The zero-order valence-electron chi connectivity index (χ0n) is 19.4. The van der Waals surface area contributed by atoms with Gasteiger partial charge in [-0.15, -0.1) is 11.8 Å². The number of thioether (sulfide) groups is 1. The predicted molar refractivity (Wildman–Crippen MR) is 131 cm³/mol. The molecule has 0 aliphatic rings. The summed E-state index contributed by atoms with van der Waals surface area (Å²) in [7, 11) is 0. The van der Waals surface area contributed by atoms with Crippen LogP contribution in [-0.2, 0) is 17.8 Å². The van der Waals surface area contributed by atoms with Crippen LogP contribution in [0.1, 0.15) is 45.7 Å². The fourth-order valence-corrected chi connectivity index (χ4v) is 3.96. The number of hydrogen-bond donors (Lipinski definition) is 3. The zero-order chi connectivity index (χ0) is 22.9. The number of carbonyl (C=O) groups excluding carboxylic acids is 1. The number of rotatable bonds is 11. The number of carbonyl (C=O) groups is 1. The molecule has 5 nitrogen and oxygen atoms in total. The molecular weight excluding hydrogens is 406 g/mol. The molecule has 0 bridgehead atoms. The molecule has 0 spiro atoms. The van der Waals surface area contributed by atoms with E-state index in [1.165, 1.54) is 0 Å². The molecule has 1 unspecified atom stereocenters. The van der Waals surface area contributed by atoms with Crippen molar-refractivity contribution in [3.05, 3.63) is 65.7 Å². The molecule has 4 N–H and O–H groups in total. The predicted octanol–water partition coefficient (Wildman–Crippen LogP) is 4.11. The Balaban J connectivity index is 1.98. The van der Waals surface area contributed by atoms with Crippen molar-refractivity contribution in [3.8, 4) is 5.75 Å². The smallest absolute Gasteiger partial charge is 0.237 e. The summed E-state index contributed by atoms with van der Waals surface area (Å²) in [6.07, 6.45) is 0.583. The molecule has 0 aliphatic heterocycles. The minimum atomic E-state index is -0.353. The second-order valence-electron chi connectivity index (χ2n) is 9.05. The minimum Gasteiger partial charge on any atom is -0.489 e. The van der Waals surface area contributed by atoms with Crippen molar-refractivity contribution in [2.75, 3.05) is 6.54 Å². The van der Waals surface area contributed by atoms with Crippen LogP contribution < -0.4 is 21.1 Å². The first-order chi connectivity index (χ1) is 14.6. The Bertz CT molecular complexity index is 789. The summed E-state index contributed by atoms with van der Waals surface area (Å²) in [6, 6.07) is 17.7. The van der Waals surface area contributed by atoms with Gasteiger partial charge in [0.05, 0.1) is 11.4 Å². The largest absolute Gasteiger partial charge is 0.489 e. The van der Waals surface area contributed by atoms with Crippen molar-refractivity contribution >= 4 is 17.7 Å². The van der Waals surface area contributed by atoms with E-state index in [9.17, 15) is 4.79 Å². The fraction of sp³-hybridized carbons (Fsp3) is 0.480. The van der Waals surface area contributed by atoms with Crippen molar-refractivity contribution in [1.29, 1.82) is 0 Å². The molecule has 1 amide bonds. The van der Waals surface area contributed by atoms with Gasteiger partial charge in [-0.25, -0.2) is 0 Å². The lowest BCUT2D eigenvalue weighted by Crippen LogP contribution is -2.53. The Kier molecular flexibility index (Phi) is 9.88. The maximum absolute atomic E-state index is 12.9. The molecule has 2 rings (SSSR count). The van der Waals surface area contributed by atoms with Gasteiger partial charge in [-0.05, 0) is 50.5 Å². The summed E-state index contributed by atoms with van der Waals surface area (Å²) in [6.45, 7) is 11.3. The fourth-order valence-electron chi connectivity index (χ4n) is 3.07. The molecule has 31 heavy (non-hydrogen) atoms. The summed E-state index contributed by atoms with van der Waals surface area (Å²) in [5.74, 6) is 0.797. The summed E-state index contributed by atoms with van der Waals surface area (Å²) in [4.78, 5) is 12.9. The number of ether oxygens (including phenoxy) is 1. The molecule has 0 saturated carbocycles. The van der Waals surface area contributed by atoms with Gasteiger partial charge in [0.15, 0.2) is 0 Å². The quantitative estimate of drug-likeness (QED) is 0.456. The second-order valence-corrected chi connectivity index (χ2v) is 10.9. The lowest BCUT2D eigenvalue weighted by Gasteiger charge is -2.27. The molecule has 0 heterocycles. The third-order valence-corrected chi connectivity index (χ3v) is 5.50. The first-order valence-electron chi connectivity index (χ1n) is 10.8. The SMILES string of the molecule is CC(C)SC(N)CN[C@@H](Cc1ccc(OCc2ccccc2)cc1)C(=O)NC(C)(C)C. The van der Waals surface area contributed by atoms with Gasteiger partial charge in [0.25, 0.3) is 0 Å². The van der Waals surface area contributed by atoms with Crippen molar-refractivity contribution in [1.82, 2.24) is 10.6 Å². The van der Waals surface area contributed by atoms with E-state index in [2.05, 4.69) is 24.5 Å². The molecule has 2 atom stereocenters. The van der Waals surface area contributed by atoms with Crippen LogP contribution >= 0.6 is 11.8 Å². The molecule has 2 aromatic rings. The third-order valence-electron chi connectivity index (χ3n) is 4.44. The molecule has 170 valence electrons. The van der Waals surface area contributed by atoms with Crippen molar-refractivity contribution in [3.63, 3.8) is 0 Å². The molecular formula is C25H37N3O2S. The molecule has 0 fully saturated rings. The van der Waals surface area contributed by atoms with E-state index in [1.54, 1.807) is 11.8 Å². The lowest BCUT2D eigenvalue weighted by atomic mass is 10.0. The number of amides is 1. The van der Waals surface area contributed by atoms with Gasteiger partial charge in [0, 0.05) is 17.3 Å². The van der Waals surface area contributed by atoms with Gasteiger partial charge >= 0.3 is 0 Å². The highest BCUT2D eigenvalue weighted by atomic mass is 32.2. The van der Waals surface area contributed by atoms with Crippen LogP contribution in [0, 0.1) is 0 Å². The van der Waals surface area contributed by atoms with Crippen LogP contribution in [-0.4, -0.2) is 34.7 Å². The van der Waals surface area contributed by atoms with Crippen LogP contribution in [0.5, 0.6) is 5.75 Å². The van der Waals surface area contributed by atoms with E-state index in [1.807, 2.05) is 75.4 Å². The average molecular weight is 444 g/mol. The highest BCUT2D eigenvalue weighted by molar-refractivity contribution is 8.00. The molecule has 6 heteroatoms. The first kappa shape index (κ1) is 25.2. The van der Waals surface area contributed by atoms with E-state index >= 15 is 0 Å². The number of hydrogen-bond acceptors (Lipinski definition) is 5. The van der Waals surface area contributed by atoms with E-state index < -0.39 is 0 Å². The van der Waals surface area contributed by atoms with Crippen LogP contribution in [0.25, 0.3) is 0 Å². The second kappa shape index (κ2) is 12.1. The summed E-state index contributed by atoms with van der Waals surface area (Å²) in [5.41, 5.74) is 8.10. The van der Waals surface area contributed by atoms with Gasteiger partial charge in [0.1, 0.15) is 12.4 Å².